The normalized spacial score (nSPS) is 14.9. The quantitative estimate of drug-likeness (QED) is 0.668. The van der Waals surface area contributed by atoms with Gasteiger partial charge in [-0.3, -0.25) is 4.79 Å². The minimum atomic E-state index is -0.997. The van der Waals surface area contributed by atoms with Gasteiger partial charge >= 0.3 is 5.97 Å². The molecule has 150 valence electrons. The maximum Gasteiger partial charge on any atom is 0.326 e. The van der Waals surface area contributed by atoms with Crippen LogP contribution in [0.3, 0.4) is 0 Å². The van der Waals surface area contributed by atoms with Crippen molar-refractivity contribution >= 4 is 22.9 Å². The first kappa shape index (κ1) is 19.1. The maximum absolute atomic E-state index is 13.1. The smallest absolute Gasteiger partial charge is 0.326 e. The third-order valence-electron chi connectivity index (χ3n) is 5.37. The molecule has 1 aliphatic carbocycles. The summed E-state index contributed by atoms with van der Waals surface area (Å²) in [6.07, 6.45) is 3.28. The lowest BCUT2D eigenvalue weighted by molar-refractivity contribution is -0.139. The molecule has 0 radical (unpaired) electrons. The van der Waals surface area contributed by atoms with Gasteiger partial charge in [-0.05, 0) is 51.2 Å². The van der Waals surface area contributed by atoms with Crippen molar-refractivity contribution in [2.75, 3.05) is 0 Å². The summed E-state index contributed by atoms with van der Waals surface area (Å²) in [5.41, 5.74) is 3.65. The van der Waals surface area contributed by atoms with E-state index >= 15 is 0 Å². The second-order valence-corrected chi connectivity index (χ2v) is 7.92. The molecule has 0 aliphatic heterocycles. The summed E-state index contributed by atoms with van der Waals surface area (Å²) in [6.45, 7) is 6.00. The highest BCUT2D eigenvalue weighted by Gasteiger charge is 2.37. The molecule has 2 heterocycles. The molecule has 1 amide bonds. The fourth-order valence-electron chi connectivity index (χ4n) is 3.61. The van der Waals surface area contributed by atoms with E-state index in [1.165, 1.54) is 0 Å². The minimum Gasteiger partial charge on any atom is -0.480 e. The van der Waals surface area contributed by atoms with Crippen LogP contribution in [0.4, 0.5) is 0 Å². The molecule has 7 nitrogen and oxygen atoms in total. The summed E-state index contributed by atoms with van der Waals surface area (Å²) < 4.78 is 1.78. The standard InChI is InChI=1S/C22H24N4O3/c1-12(2)26-20-17(11-23-26)16(21(27)25-19(22(28)29)14-8-9-14)10-18(24-20)15-7-5-4-6-13(15)3/h4-7,10-12,14,19H,8-9H2,1-3H3,(H,25,27)(H,28,29). The molecule has 1 atom stereocenters. The Morgan fingerprint density at radius 1 is 1.24 bits per heavy atom. The van der Waals surface area contributed by atoms with Gasteiger partial charge in [0, 0.05) is 11.6 Å². The van der Waals surface area contributed by atoms with Crippen LogP contribution in [0.15, 0.2) is 36.5 Å². The SMILES string of the molecule is Cc1ccccc1-c1cc(C(=O)NC(C(=O)O)C2CC2)c2cnn(C(C)C)c2n1. The molecule has 0 saturated heterocycles. The van der Waals surface area contributed by atoms with Gasteiger partial charge in [-0.25, -0.2) is 14.5 Å². The zero-order valence-corrected chi connectivity index (χ0v) is 16.7. The van der Waals surface area contributed by atoms with E-state index in [-0.39, 0.29) is 12.0 Å². The Labute approximate surface area is 168 Å². The number of benzene rings is 1. The van der Waals surface area contributed by atoms with Gasteiger partial charge in [0.15, 0.2) is 5.65 Å². The highest BCUT2D eigenvalue weighted by molar-refractivity contribution is 6.07. The molecule has 1 fully saturated rings. The van der Waals surface area contributed by atoms with Crippen LogP contribution in [0.25, 0.3) is 22.3 Å². The summed E-state index contributed by atoms with van der Waals surface area (Å²) in [5.74, 6) is -1.40. The lowest BCUT2D eigenvalue weighted by Crippen LogP contribution is -2.42. The van der Waals surface area contributed by atoms with Crippen LogP contribution in [-0.2, 0) is 4.79 Å². The van der Waals surface area contributed by atoms with Crippen molar-refractivity contribution in [1.82, 2.24) is 20.1 Å². The van der Waals surface area contributed by atoms with E-state index in [0.29, 0.717) is 22.3 Å². The van der Waals surface area contributed by atoms with Crippen molar-refractivity contribution in [1.29, 1.82) is 0 Å². The predicted molar refractivity (Wildman–Crippen MR) is 110 cm³/mol. The number of carboxylic acid groups (broad SMARTS) is 1. The highest BCUT2D eigenvalue weighted by Crippen LogP contribution is 2.33. The Hall–Kier alpha value is -3.22. The van der Waals surface area contributed by atoms with Crippen molar-refractivity contribution < 1.29 is 14.7 Å². The molecule has 2 N–H and O–H groups in total. The second kappa shape index (κ2) is 7.31. The molecule has 1 aliphatic rings. The van der Waals surface area contributed by atoms with Crippen molar-refractivity contribution in [2.45, 2.75) is 45.7 Å². The largest absolute Gasteiger partial charge is 0.480 e. The second-order valence-electron chi connectivity index (χ2n) is 7.92. The molecule has 1 saturated carbocycles. The number of fused-ring (bicyclic) bond motifs is 1. The number of carbonyl (C=O) groups is 2. The third kappa shape index (κ3) is 3.60. The van der Waals surface area contributed by atoms with E-state index in [9.17, 15) is 14.7 Å². The van der Waals surface area contributed by atoms with Crippen molar-refractivity contribution in [3.8, 4) is 11.3 Å². The average molecular weight is 392 g/mol. The minimum absolute atomic E-state index is 0.00278. The van der Waals surface area contributed by atoms with Crippen LogP contribution < -0.4 is 5.32 Å². The van der Waals surface area contributed by atoms with Crippen LogP contribution in [0.1, 0.15) is 48.7 Å². The summed E-state index contributed by atoms with van der Waals surface area (Å²) in [7, 11) is 0. The van der Waals surface area contributed by atoms with Crippen LogP contribution >= 0.6 is 0 Å². The van der Waals surface area contributed by atoms with Gasteiger partial charge in [0.25, 0.3) is 5.91 Å². The number of carbonyl (C=O) groups excluding carboxylic acids is 1. The van der Waals surface area contributed by atoms with Gasteiger partial charge in [0.1, 0.15) is 6.04 Å². The molecular formula is C22H24N4O3. The number of rotatable bonds is 6. The molecule has 3 aromatic rings. The van der Waals surface area contributed by atoms with Crippen LogP contribution in [-0.4, -0.2) is 37.8 Å². The first-order valence-electron chi connectivity index (χ1n) is 9.84. The number of aliphatic carboxylic acids is 1. The van der Waals surface area contributed by atoms with Gasteiger partial charge < -0.3 is 10.4 Å². The summed E-state index contributed by atoms with van der Waals surface area (Å²) in [6, 6.07) is 8.78. The van der Waals surface area contributed by atoms with Crippen LogP contribution in [0.2, 0.25) is 0 Å². The molecule has 0 bridgehead atoms. The monoisotopic (exact) mass is 392 g/mol. The van der Waals surface area contributed by atoms with E-state index in [4.69, 9.17) is 4.98 Å². The number of nitrogens with one attached hydrogen (secondary N) is 1. The Kier molecular flexibility index (Phi) is 4.82. The maximum atomic E-state index is 13.1. The van der Waals surface area contributed by atoms with Crippen LogP contribution in [0.5, 0.6) is 0 Å². The molecule has 1 unspecified atom stereocenters. The average Bonchev–Trinajstić information content (AvgIpc) is 3.42. The Morgan fingerprint density at radius 2 is 1.97 bits per heavy atom. The van der Waals surface area contributed by atoms with Crippen molar-refractivity contribution in [2.24, 2.45) is 5.92 Å². The number of hydrogen-bond acceptors (Lipinski definition) is 4. The molecular weight excluding hydrogens is 368 g/mol. The fraction of sp³-hybridized carbons (Fsp3) is 0.364. The van der Waals surface area contributed by atoms with Gasteiger partial charge in [-0.15, -0.1) is 0 Å². The molecule has 0 spiro atoms. The molecule has 7 heteroatoms. The Balaban J connectivity index is 1.84. The lowest BCUT2D eigenvalue weighted by atomic mass is 10.0. The van der Waals surface area contributed by atoms with Gasteiger partial charge in [-0.1, -0.05) is 24.3 Å². The van der Waals surface area contributed by atoms with Gasteiger partial charge in [0.05, 0.1) is 22.8 Å². The van der Waals surface area contributed by atoms with Crippen molar-refractivity contribution in [3.63, 3.8) is 0 Å². The number of nitrogens with zero attached hydrogens (tertiary/aromatic N) is 3. The zero-order valence-electron chi connectivity index (χ0n) is 16.7. The van der Waals surface area contributed by atoms with Crippen molar-refractivity contribution in [3.05, 3.63) is 47.7 Å². The Morgan fingerprint density at radius 3 is 2.59 bits per heavy atom. The summed E-state index contributed by atoms with van der Waals surface area (Å²) in [4.78, 5) is 29.5. The Bertz CT molecular complexity index is 1100. The van der Waals surface area contributed by atoms with Gasteiger partial charge in [0.2, 0.25) is 0 Å². The number of aromatic nitrogens is 3. The lowest BCUT2D eigenvalue weighted by Gasteiger charge is -2.15. The van der Waals surface area contributed by atoms with E-state index in [1.807, 2.05) is 45.0 Å². The zero-order chi connectivity index (χ0) is 20.7. The van der Waals surface area contributed by atoms with Crippen LogP contribution in [0, 0.1) is 12.8 Å². The van der Waals surface area contributed by atoms with E-state index < -0.39 is 17.9 Å². The predicted octanol–water partition coefficient (Wildman–Crippen LogP) is 3.58. The number of pyridine rings is 1. The first-order valence-corrected chi connectivity index (χ1v) is 9.84. The molecule has 29 heavy (non-hydrogen) atoms. The number of hydrogen-bond donors (Lipinski definition) is 2. The summed E-state index contributed by atoms with van der Waals surface area (Å²) >= 11 is 0. The fourth-order valence-corrected chi connectivity index (χ4v) is 3.61. The van der Waals surface area contributed by atoms with E-state index in [1.54, 1.807) is 16.9 Å². The van der Waals surface area contributed by atoms with E-state index in [0.717, 1.165) is 24.0 Å². The highest BCUT2D eigenvalue weighted by atomic mass is 16.4. The molecule has 2 aromatic heterocycles. The van der Waals surface area contributed by atoms with Gasteiger partial charge in [-0.2, -0.15) is 5.10 Å². The number of carboxylic acids is 1. The number of aryl methyl sites for hydroxylation is 1. The molecule has 1 aromatic carbocycles. The topological polar surface area (TPSA) is 97.1 Å². The third-order valence-corrected chi connectivity index (χ3v) is 5.37. The molecule has 4 rings (SSSR count). The number of amides is 1. The van der Waals surface area contributed by atoms with E-state index in [2.05, 4.69) is 10.4 Å². The summed E-state index contributed by atoms with van der Waals surface area (Å²) in [5, 5.41) is 17.2. The first-order chi connectivity index (χ1) is 13.9.